The van der Waals surface area contributed by atoms with Crippen LogP contribution in [0.4, 0.5) is 20.2 Å². The Labute approximate surface area is 124 Å². The van der Waals surface area contributed by atoms with Crippen LogP contribution in [0, 0.1) is 11.6 Å². The summed E-state index contributed by atoms with van der Waals surface area (Å²) < 4.78 is 27.7. The third kappa shape index (κ3) is 2.46. The number of hydrogen-bond donors (Lipinski definition) is 2. The molecule has 2 N–H and O–H groups in total. The molecule has 0 atom stereocenters. The predicted molar refractivity (Wildman–Crippen MR) is 78.3 cm³/mol. The fourth-order valence-electron chi connectivity index (χ4n) is 2.15. The molecule has 2 aromatic carbocycles. The molecule has 0 radical (unpaired) electrons. The lowest BCUT2D eigenvalue weighted by molar-refractivity contribution is 0.0697. The number of halogens is 2. The Kier molecular flexibility index (Phi) is 3.42. The maximum atomic E-state index is 14.0. The van der Waals surface area contributed by atoms with Crippen molar-refractivity contribution >= 4 is 28.2 Å². The summed E-state index contributed by atoms with van der Waals surface area (Å²) in [7, 11) is 0. The average Bonchev–Trinajstić information content (AvgIpc) is 2.52. The molecule has 0 fully saturated rings. The third-order valence-electron chi connectivity index (χ3n) is 3.20. The summed E-state index contributed by atoms with van der Waals surface area (Å²) in [5.74, 6) is -2.23. The lowest BCUT2D eigenvalue weighted by Gasteiger charge is -2.10. The van der Waals surface area contributed by atoms with Crippen molar-refractivity contribution in [1.82, 2.24) is 4.98 Å². The summed E-state index contributed by atoms with van der Waals surface area (Å²) in [6.07, 6.45) is 1.37. The molecule has 0 aliphatic rings. The first-order valence-corrected chi connectivity index (χ1v) is 6.39. The summed E-state index contributed by atoms with van der Waals surface area (Å²) in [4.78, 5) is 14.7. The molecule has 4 nitrogen and oxygen atoms in total. The van der Waals surface area contributed by atoms with Crippen LogP contribution >= 0.6 is 0 Å². The van der Waals surface area contributed by atoms with Gasteiger partial charge in [0.25, 0.3) is 0 Å². The first kappa shape index (κ1) is 13.9. The van der Waals surface area contributed by atoms with Crippen molar-refractivity contribution in [2.45, 2.75) is 0 Å². The highest BCUT2D eigenvalue weighted by atomic mass is 19.1. The van der Waals surface area contributed by atoms with E-state index < -0.39 is 17.6 Å². The van der Waals surface area contributed by atoms with Crippen molar-refractivity contribution in [2.75, 3.05) is 5.32 Å². The first-order chi connectivity index (χ1) is 10.6. The number of nitrogens with zero attached hydrogens (tertiary/aromatic N) is 1. The highest BCUT2D eigenvalue weighted by molar-refractivity contribution is 5.94. The molecule has 6 heteroatoms. The highest BCUT2D eigenvalue weighted by Crippen LogP contribution is 2.29. The van der Waals surface area contributed by atoms with Gasteiger partial charge in [-0.1, -0.05) is 0 Å². The van der Waals surface area contributed by atoms with E-state index in [0.29, 0.717) is 11.4 Å². The van der Waals surface area contributed by atoms with E-state index in [2.05, 4.69) is 10.3 Å². The van der Waals surface area contributed by atoms with Gasteiger partial charge in [-0.2, -0.15) is 0 Å². The van der Waals surface area contributed by atoms with Crippen LogP contribution in [0.5, 0.6) is 0 Å². The van der Waals surface area contributed by atoms with E-state index in [4.69, 9.17) is 5.11 Å². The smallest absolute Gasteiger partial charge is 0.335 e. The van der Waals surface area contributed by atoms with Crippen LogP contribution in [-0.4, -0.2) is 16.1 Å². The second kappa shape index (κ2) is 5.40. The van der Waals surface area contributed by atoms with Crippen molar-refractivity contribution in [3.8, 4) is 0 Å². The minimum atomic E-state index is -1.03. The number of hydrogen-bond acceptors (Lipinski definition) is 3. The molecular weight excluding hydrogens is 290 g/mol. The van der Waals surface area contributed by atoms with E-state index in [0.717, 1.165) is 12.1 Å². The number of aromatic nitrogens is 1. The Hall–Kier alpha value is -3.02. The highest BCUT2D eigenvalue weighted by Gasteiger charge is 2.12. The van der Waals surface area contributed by atoms with E-state index in [1.807, 2.05) is 0 Å². The lowest BCUT2D eigenvalue weighted by Crippen LogP contribution is -1.98. The Morgan fingerprint density at radius 2 is 1.68 bits per heavy atom. The Bertz CT molecular complexity index is 864. The minimum Gasteiger partial charge on any atom is -0.478 e. The second-order valence-corrected chi connectivity index (χ2v) is 4.62. The normalized spacial score (nSPS) is 10.6. The lowest BCUT2D eigenvalue weighted by atomic mass is 10.1. The number of nitrogens with one attached hydrogen (secondary N) is 1. The number of benzene rings is 2. The molecule has 0 bridgehead atoms. The molecule has 0 aliphatic carbocycles. The van der Waals surface area contributed by atoms with Gasteiger partial charge >= 0.3 is 5.97 Å². The van der Waals surface area contributed by atoms with Crippen LogP contribution in [0.15, 0.2) is 48.7 Å². The van der Waals surface area contributed by atoms with E-state index in [1.165, 1.54) is 24.4 Å². The van der Waals surface area contributed by atoms with Crippen molar-refractivity contribution in [3.63, 3.8) is 0 Å². The van der Waals surface area contributed by atoms with Gasteiger partial charge in [0, 0.05) is 11.9 Å². The number of pyridine rings is 1. The molecule has 0 unspecified atom stereocenters. The molecule has 0 spiro atoms. The summed E-state index contributed by atoms with van der Waals surface area (Å²) in [5, 5.41) is 11.8. The molecule has 0 aliphatic heterocycles. The largest absolute Gasteiger partial charge is 0.478 e. The second-order valence-electron chi connectivity index (χ2n) is 4.62. The first-order valence-electron chi connectivity index (χ1n) is 6.39. The fraction of sp³-hybridized carbons (Fsp3) is 0. The molecule has 1 heterocycles. The van der Waals surface area contributed by atoms with Crippen LogP contribution in [0.1, 0.15) is 10.4 Å². The van der Waals surface area contributed by atoms with Crippen molar-refractivity contribution in [2.24, 2.45) is 0 Å². The van der Waals surface area contributed by atoms with Gasteiger partial charge in [-0.05, 0) is 42.5 Å². The molecule has 110 valence electrons. The van der Waals surface area contributed by atoms with Gasteiger partial charge in [-0.3, -0.25) is 4.98 Å². The maximum absolute atomic E-state index is 14.0. The van der Waals surface area contributed by atoms with Gasteiger partial charge < -0.3 is 10.4 Å². The molecule has 1 aromatic heterocycles. The Morgan fingerprint density at radius 1 is 1.00 bits per heavy atom. The quantitative estimate of drug-likeness (QED) is 0.768. The van der Waals surface area contributed by atoms with Crippen LogP contribution in [-0.2, 0) is 0 Å². The van der Waals surface area contributed by atoms with Gasteiger partial charge in [0.05, 0.1) is 16.6 Å². The van der Waals surface area contributed by atoms with Crippen LogP contribution in [0.25, 0.3) is 10.9 Å². The molecular formula is C16H10F2N2O2. The summed E-state index contributed by atoms with van der Waals surface area (Å²) in [5.41, 5.74) is 0.987. The van der Waals surface area contributed by atoms with Gasteiger partial charge in [0.15, 0.2) is 0 Å². The topological polar surface area (TPSA) is 62.2 Å². The van der Waals surface area contributed by atoms with Gasteiger partial charge in [0.1, 0.15) is 17.2 Å². The van der Waals surface area contributed by atoms with E-state index in [-0.39, 0.29) is 16.5 Å². The maximum Gasteiger partial charge on any atom is 0.335 e. The minimum absolute atomic E-state index is 0.0461. The predicted octanol–water partition coefficient (Wildman–Crippen LogP) is 3.95. The number of rotatable bonds is 3. The Balaban J connectivity index is 2.04. The zero-order valence-corrected chi connectivity index (χ0v) is 11.2. The number of carbonyl (C=O) groups is 1. The molecule has 3 rings (SSSR count). The van der Waals surface area contributed by atoms with Gasteiger partial charge in [-0.25, -0.2) is 13.6 Å². The number of carboxylic acids is 1. The summed E-state index contributed by atoms with van der Waals surface area (Å²) >= 11 is 0. The zero-order chi connectivity index (χ0) is 15.7. The van der Waals surface area contributed by atoms with Crippen molar-refractivity contribution in [1.29, 1.82) is 0 Å². The van der Waals surface area contributed by atoms with Crippen LogP contribution in [0.2, 0.25) is 0 Å². The molecule has 0 amide bonds. The standard InChI is InChI=1S/C16H10F2N2O2/c17-11-5-6-12(18)15-14(11)13(7-8-19-15)20-10-3-1-9(2-4-10)16(21)22/h1-8H,(H,19,20)(H,21,22). The fourth-order valence-corrected chi connectivity index (χ4v) is 2.15. The average molecular weight is 300 g/mol. The number of carboxylic acid groups (broad SMARTS) is 1. The zero-order valence-electron chi connectivity index (χ0n) is 11.2. The molecule has 0 saturated carbocycles. The van der Waals surface area contributed by atoms with E-state index >= 15 is 0 Å². The monoisotopic (exact) mass is 300 g/mol. The van der Waals surface area contributed by atoms with E-state index in [9.17, 15) is 13.6 Å². The SMILES string of the molecule is O=C(O)c1ccc(Nc2ccnc3c(F)ccc(F)c23)cc1. The summed E-state index contributed by atoms with van der Waals surface area (Å²) in [6.45, 7) is 0. The van der Waals surface area contributed by atoms with Crippen LogP contribution in [0.3, 0.4) is 0 Å². The van der Waals surface area contributed by atoms with Gasteiger partial charge in [-0.15, -0.1) is 0 Å². The van der Waals surface area contributed by atoms with E-state index in [1.54, 1.807) is 12.1 Å². The third-order valence-corrected chi connectivity index (χ3v) is 3.20. The van der Waals surface area contributed by atoms with Crippen molar-refractivity contribution in [3.05, 3.63) is 65.9 Å². The van der Waals surface area contributed by atoms with Crippen molar-refractivity contribution < 1.29 is 18.7 Å². The number of fused-ring (bicyclic) bond motifs is 1. The number of anilines is 2. The van der Waals surface area contributed by atoms with Gasteiger partial charge in [0.2, 0.25) is 0 Å². The van der Waals surface area contributed by atoms with Crippen LogP contribution < -0.4 is 5.32 Å². The molecule has 3 aromatic rings. The number of aromatic carboxylic acids is 1. The summed E-state index contributed by atoms with van der Waals surface area (Å²) in [6, 6.07) is 9.53. The Morgan fingerprint density at radius 3 is 2.36 bits per heavy atom. The molecule has 22 heavy (non-hydrogen) atoms. The molecule has 0 saturated heterocycles.